The summed E-state index contributed by atoms with van der Waals surface area (Å²) in [4.78, 5) is 28.1. The molecule has 0 spiro atoms. The van der Waals surface area contributed by atoms with Crippen molar-refractivity contribution in [3.05, 3.63) is 47.2 Å². The maximum atomic E-state index is 12.6. The average Bonchev–Trinajstić information content (AvgIpc) is 2.75. The lowest BCUT2D eigenvalue weighted by molar-refractivity contribution is -0.130. The predicted molar refractivity (Wildman–Crippen MR) is 112 cm³/mol. The van der Waals surface area contributed by atoms with Crippen molar-refractivity contribution in [2.45, 2.75) is 25.7 Å². The number of benzene rings is 1. The molecule has 6 nitrogen and oxygen atoms in total. The second kappa shape index (κ2) is 8.78. The molecule has 0 N–H and O–H groups in total. The molecule has 3 heterocycles. The first-order valence-electron chi connectivity index (χ1n) is 10.0. The Labute approximate surface area is 171 Å². The molecule has 1 aromatic heterocycles. The zero-order valence-corrected chi connectivity index (χ0v) is 16.8. The smallest absolute Gasteiger partial charge is 0.227 e. The number of amides is 1. The van der Waals surface area contributed by atoms with Crippen LogP contribution < -0.4 is 9.80 Å². The van der Waals surface area contributed by atoms with Crippen LogP contribution in [0.5, 0.6) is 0 Å². The third-order valence-corrected chi connectivity index (χ3v) is 5.75. The van der Waals surface area contributed by atoms with E-state index in [0.29, 0.717) is 24.5 Å². The van der Waals surface area contributed by atoms with E-state index in [4.69, 9.17) is 11.6 Å². The lowest BCUT2D eigenvalue weighted by Gasteiger charge is -2.36. The molecule has 2 saturated heterocycles. The van der Waals surface area contributed by atoms with Gasteiger partial charge in [0.2, 0.25) is 5.91 Å². The van der Waals surface area contributed by atoms with Gasteiger partial charge in [0.25, 0.3) is 0 Å². The van der Waals surface area contributed by atoms with Crippen molar-refractivity contribution in [3.63, 3.8) is 0 Å². The summed E-state index contributed by atoms with van der Waals surface area (Å²) in [5, 5.41) is 0.670. The zero-order valence-electron chi connectivity index (χ0n) is 16.1. The van der Waals surface area contributed by atoms with E-state index in [-0.39, 0.29) is 5.91 Å². The third kappa shape index (κ3) is 4.55. The van der Waals surface area contributed by atoms with Gasteiger partial charge in [-0.1, -0.05) is 23.7 Å². The van der Waals surface area contributed by atoms with E-state index in [2.05, 4.69) is 25.8 Å². The van der Waals surface area contributed by atoms with Crippen molar-refractivity contribution in [2.75, 3.05) is 49.1 Å². The highest BCUT2D eigenvalue weighted by atomic mass is 35.5. The first-order chi connectivity index (χ1) is 13.7. The summed E-state index contributed by atoms with van der Waals surface area (Å²) >= 11 is 6.02. The Balaban J connectivity index is 1.34. The SMILES string of the molecule is O=C(Cc1cccc(Cl)c1)N1CCN(c2cc(N3CCCCC3)ncn2)CC1. The maximum absolute atomic E-state index is 12.6. The fourth-order valence-corrected chi connectivity index (χ4v) is 4.14. The van der Waals surface area contributed by atoms with Crippen LogP contribution in [0.1, 0.15) is 24.8 Å². The van der Waals surface area contributed by atoms with Gasteiger partial charge in [0.15, 0.2) is 0 Å². The molecule has 2 aliphatic rings. The summed E-state index contributed by atoms with van der Waals surface area (Å²) in [5.74, 6) is 2.13. The van der Waals surface area contributed by atoms with Crippen LogP contribution in [-0.4, -0.2) is 60.0 Å². The van der Waals surface area contributed by atoms with Crippen LogP contribution in [0, 0.1) is 0 Å². The molecule has 2 aromatic rings. The van der Waals surface area contributed by atoms with E-state index in [0.717, 1.165) is 43.4 Å². The quantitative estimate of drug-likeness (QED) is 0.791. The average molecular weight is 400 g/mol. The lowest BCUT2D eigenvalue weighted by atomic mass is 10.1. The van der Waals surface area contributed by atoms with Crippen LogP contribution in [0.25, 0.3) is 0 Å². The monoisotopic (exact) mass is 399 g/mol. The third-order valence-electron chi connectivity index (χ3n) is 5.52. The van der Waals surface area contributed by atoms with E-state index in [1.165, 1.54) is 19.3 Å². The van der Waals surface area contributed by atoms with Crippen LogP contribution in [0.2, 0.25) is 5.02 Å². The molecular formula is C21H26ClN5O. The molecule has 0 bridgehead atoms. The molecule has 0 aliphatic carbocycles. The molecule has 0 unspecified atom stereocenters. The Morgan fingerprint density at radius 3 is 2.25 bits per heavy atom. The minimum atomic E-state index is 0.151. The highest BCUT2D eigenvalue weighted by molar-refractivity contribution is 6.30. The highest BCUT2D eigenvalue weighted by Gasteiger charge is 2.23. The molecular weight excluding hydrogens is 374 g/mol. The number of aromatic nitrogens is 2. The Kier molecular flexibility index (Phi) is 5.95. The second-order valence-corrected chi connectivity index (χ2v) is 7.89. The number of nitrogens with zero attached hydrogens (tertiary/aromatic N) is 5. The Hall–Kier alpha value is -2.34. The van der Waals surface area contributed by atoms with Crippen LogP contribution in [-0.2, 0) is 11.2 Å². The van der Waals surface area contributed by atoms with Crippen molar-refractivity contribution in [1.29, 1.82) is 0 Å². The number of anilines is 2. The number of carbonyl (C=O) groups excluding carboxylic acids is 1. The van der Waals surface area contributed by atoms with Gasteiger partial charge in [0.05, 0.1) is 6.42 Å². The number of rotatable bonds is 4. The van der Waals surface area contributed by atoms with Crippen molar-refractivity contribution >= 4 is 29.1 Å². The zero-order chi connectivity index (χ0) is 19.3. The van der Waals surface area contributed by atoms with Crippen LogP contribution in [0.3, 0.4) is 0 Å². The number of carbonyl (C=O) groups is 1. The molecule has 28 heavy (non-hydrogen) atoms. The van der Waals surface area contributed by atoms with Gasteiger partial charge in [-0.3, -0.25) is 4.79 Å². The van der Waals surface area contributed by atoms with Crippen LogP contribution in [0.15, 0.2) is 36.7 Å². The number of piperidine rings is 1. The number of halogens is 1. The molecule has 7 heteroatoms. The van der Waals surface area contributed by atoms with E-state index in [1.54, 1.807) is 6.33 Å². The second-order valence-electron chi connectivity index (χ2n) is 7.46. The number of hydrogen-bond donors (Lipinski definition) is 0. The first-order valence-corrected chi connectivity index (χ1v) is 10.4. The minimum absolute atomic E-state index is 0.151. The largest absolute Gasteiger partial charge is 0.356 e. The minimum Gasteiger partial charge on any atom is -0.356 e. The van der Waals surface area contributed by atoms with E-state index in [1.807, 2.05) is 29.2 Å². The fourth-order valence-electron chi connectivity index (χ4n) is 3.92. The van der Waals surface area contributed by atoms with Crippen molar-refractivity contribution in [2.24, 2.45) is 0 Å². The maximum Gasteiger partial charge on any atom is 0.227 e. The summed E-state index contributed by atoms with van der Waals surface area (Å²) in [6, 6.07) is 9.61. The van der Waals surface area contributed by atoms with Crippen molar-refractivity contribution < 1.29 is 4.79 Å². The lowest BCUT2D eigenvalue weighted by Crippen LogP contribution is -2.49. The number of hydrogen-bond acceptors (Lipinski definition) is 5. The molecule has 2 fully saturated rings. The Bertz CT molecular complexity index is 816. The van der Waals surface area contributed by atoms with Crippen molar-refractivity contribution in [1.82, 2.24) is 14.9 Å². The Morgan fingerprint density at radius 1 is 0.893 bits per heavy atom. The summed E-state index contributed by atoms with van der Waals surface area (Å²) in [6.45, 7) is 5.14. The molecule has 2 aliphatic heterocycles. The molecule has 148 valence electrons. The van der Waals surface area contributed by atoms with Crippen molar-refractivity contribution in [3.8, 4) is 0 Å². The summed E-state index contributed by atoms with van der Waals surface area (Å²) in [7, 11) is 0. The van der Waals surface area contributed by atoms with Gasteiger partial charge in [-0.25, -0.2) is 9.97 Å². The molecule has 1 amide bonds. The standard InChI is InChI=1S/C21H26ClN5O/c22-18-6-4-5-17(13-18)14-21(28)27-11-9-26(10-12-27)20-15-19(23-16-24-20)25-7-2-1-3-8-25/h4-6,13,15-16H,1-3,7-12,14H2. The van der Waals surface area contributed by atoms with E-state index >= 15 is 0 Å². The molecule has 0 atom stereocenters. The number of piperazine rings is 1. The topological polar surface area (TPSA) is 52.6 Å². The van der Waals surface area contributed by atoms with Gasteiger partial charge in [-0.15, -0.1) is 0 Å². The highest BCUT2D eigenvalue weighted by Crippen LogP contribution is 2.22. The van der Waals surface area contributed by atoms with E-state index in [9.17, 15) is 4.79 Å². The van der Waals surface area contributed by atoms with Gasteiger partial charge in [0.1, 0.15) is 18.0 Å². The van der Waals surface area contributed by atoms with Gasteiger partial charge < -0.3 is 14.7 Å². The summed E-state index contributed by atoms with van der Waals surface area (Å²) in [5.41, 5.74) is 0.960. The van der Waals surface area contributed by atoms with Gasteiger partial charge in [0, 0.05) is 50.4 Å². The molecule has 0 saturated carbocycles. The fraction of sp³-hybridized carbons (Fsp3) is 0.476. The normalized spacial score (nSPS) is 17.7. The molecule has 1 aromatic carbocycles. The van der Waals surface area contributed by atoms with Gasteiger partial charge in [-0.2, -0.15) is 0 Å². The van der Waals surface area contributed by atoms with Gasteiger partial charge >= 0.3 is 0 Å². The van der Waals surface area contributed by atoms with Gasteiger partial charge in [-0.05, 0) is 37.0 Å². The molecule has 0 radical (unpaired) electrons. The van der Waals surface area contributed by atoms with E-state index < -0.39 is 0 Å². The summed E-state index contributed by atoms with van der Waals surface area (Å²) in [6.07, 6.45) is 5.82. The first kappa shape index (κ1) is 19.0. The Morgan fingerprint density at radius 2 is 1.57 bits per heavy atom. The predicted octanol–water partition coefficient (Wildman–Crippen LogP) is 3.01. The summed E-state index contributed by atoms with van der Waals surface area (Å²) < 4.78 is 0. The molecule has 4 rings (SSSR count). The van der Waals surface area contributed by atoms with Crippen LogP contribution in [0.4, 0.5) is 11.6 Å². The van der Waals surface area contributed by atoms with Crippen LogP contribution >= 0.6 is 11.6 Å².